The van der Waals surface area contributed by atoms with Crippen LogP contribution in [-0.4, -0.2) is 37.2 Å². The van der Waals surface area contributed by atoms with E-state index in [1.807, 2.05) is 24.4 Å². The second-order valence-electron chi connectivity index (χ2n) is 4.76. The average molecular weight is 321 g/mol. The molecule has 0 bridgehead atoms. The molecule has 2 rings (SSSR count). The maximum absolute atomic E-state index is 12.2. The van der Waals surface area contributed by atoms with Crippen molar-refractivity contribution in [3.63, 3.8) is 0 Å². The normalized spacial score (nSPS) is 10.2. The van der Waals surface area contributed by atoms with E-state index in [4.69, 9.17) is 9.47 Å². The molecule has 1 aromatic carbocycles. The van der Waals surface area contributed by atoms with Crippen LogP contribution in [0.2, 0.25) is 0 Å². The number of aryl methyl sites for hydroxylation is 1. The van der Waals surface area contributed by atoms with E-state index in [1.165, 1.54) is 11.3 Å². The Morgan fingerprint density at radius 1 is 1.36 bits per heavy atom. The summed E-state index contributed by atoms with van der Waals surface area (Å²) < 4.78 is 10.5. The molecule has 7 heteroatoms. The number of thiazole rings is 1. The molecule has 22 heavy (non-hydrogen) atoms. The maximum atomic E-state index is 12.2. The topological polar surface area (TPSA) is 63.7 Å². The number of ether oxygens (including phenoxy) is 2. The number of carbonyl (C=O) groups is 1. The van der Waals surface area contributed by atoms with Gasteiger partial charge in [0.25, 0.3) is 0 Å². The van der Waals surface area contributed by atoms with Gasteiger partial charge in [-0.2, -0.15) is 0 Å². The number of hydrogen-bond acceptors (Lipinski definition) is 5. The van der Waals surface area contributed by atoms with Crippen molar-refractivity contribution >= 4 is 22.5 Å². The largest absolute Gasteiger partial charge is 0.497 e. The predicted molar refractivity (Wildman–Crippen MR) is 86.9 cm³/mol. The van der Waals surface area contributed by atoms with Crippen LogP contribution in [-0.2, 0) is 6.54 Å². The molecule has 0 saturated carbocycles. The van der Waals surface area contributed by atoms with Crippen molar-refractivity contribution in [2.24, 2.45) is 0 Å². The van der Waals surface area contributed by atoms with Gasteiger partial charge in [0.15, 0.2) is 5.13 Å². The predicted octanol–water partition coefficient (Wildman–Crippen LogP) is 3.13. The van der Waals surface area contributed by atoms with Gasteiger partial charge in [-0.15, -0.1) is 11.3 Å². The zero-order chi connectivity index (χ0) is 16.1. The van der Waals surface area contributed by atoms with Crippen molar-refractivity contribution in [1.29, 1.82) is 0 Å². The van der Waals surface area contributed by atoms with Crippen LogP contribution in [0.1, 0.15) is 11.3 Å². The standard InChI is InChI=1S/C15H19N3O3S/c1-10-9-22-14(16-10)17-15(19)18(2)8-11-5-6-12(20-3)7-13(11)21-4/h5-7,9H,8H2,1-4H3,(H,16,17,19). The van der Waals surface area contributed by atoms with Crippen molar-refractivity contribution in [2.45, 2.75) is 13.5 Å². The third-order valence-electron chi connectivity index (χ3n) is 3.08. The van der Waals surface area contributed by atoms with Gasteiger partial charge in [-0.1, -0.05) is 0 Å². The second-order valence-corrected chi connectivity index (χ2v) is 5.62. The van der Waals surface area contributed by atoms with Gasteiger partial charge < -0.3 is 14.4 Å². The fraction of sp³-hybridized carbons (Fsp3) is 0.333. The highest BCUT2D eigenvalue weighted by atomic mass is 32.1. The van der Waals surface area contributed by atoms with Crippen LogP contribution < -0.4 is 14.8 Å². The van der Waals surface area contributed by atoms with E-state index in [2.05, 4.69) is 10.3 Å². The molecular weight excluding hydrogens is 302 g/mol. The van der Waals surface area contributed by atoms with E-state index < -0.39 is 0 Å². The van der Waals surface area contributed by atoms with Crippen molar-refractivity contribution < 1.29 is 14.3 Å². The summed E-state index contributed by atoms with van der Waals surface area (Å²) in [6.07, 6.45) is 0. The van der Waals surface area contributed by atoms with Crippen molar-refractivity contribution in [3.05, 3.63) is 34.8 Å². The Labute approximate surface area is 133 Å². The number of nitrogens with one attached hydrogen (secondary N) is 1. The molecule has 0 atom stereocenters. The maximum Gasteiger partial charge on any atom is 0.323 e. The number of benzene rings is 1. The highest BCUT2D eigenvalue weighted by Gasteiger charge is 2.14. The van der Waals surface area contributed by atoms with Crippen molar-refractivity contribution in [1.82, 2.24) is 9.88 Å². The van der Waals surface area contributed by atoms with Gasteiger partial charge in [0.1, 0.15) is 11.5 Å². The third kappa shape index (κ3) is 3.88. The molecule has 118 valence electrons. The Bertz CT molecular complexity index is 657. The average Bonchev–Trinajstić information content (AvgIpc) is 2.92. The minimum absolute atomic E-state index is 0.216. The lowest BCUT2D eigenvalue weighted by molar-refractivity contribution is 0.220. The summed E-state index contributed by atoms with van der Waals surface area (Å²) in [4.78, 5) is 18.0. The van der Waals surface area contributed by atoms with Gasteiger partial charge in [-0.3, -0.25) is 5.32 Å². The number of nitrogens with zero attached hydrogens (tertiary/aromatic N) is 2. The molecular formula is C15H19N3O3S. The SMILES string of the molecule is COc1ccc(CN(C)C(=O)Nc2nc(C)cs2)c(OC)c1. The first-order valence-corrected chi connectivity index (χ1v) is 7.56. The van der Waals surface area contributed by atoms with Crippen LogP contribution in [0.15, 0.2) is 23.6 Å². The number of aromatic nitrogens is 1. The van der Waals surface area contributed by atoms with E-state index in [-0.39, 0.29) is 6.03 Å². The van der Waals surface area contributed by atoms with Gasteiger partial charge in [-0.25, -0.2) is 9.78 Å². The number of urea groups is 1. The van der Waals surface area contributed by atoms with Gasteiger partial charge in [0, 0.05) is 24.1 Å². The quantitative estimate of drug-likeness (QED) is 0.919. The number of amides is 2. The zero-order valence-corrected chi connectivity index (χ0v) is 13.9. The Balaban J connectivity index is 2.04. The first-order chi connectivity index (χ1) is 10.5. The fourth-order valence-corrected chi connectivity index (χ4v) is 2.59. The molecule has 0 aliphatic carbocycles. The fourth-order valence-electron chi connectivity index (χ4n) is 1.91. The van der Waals surface area contributed by atoms with Gasteiger partial charge >= 0.3 is 6.03 Å². The smallest absolute Gasteiger partial charge is 0.323 e. The Kier molecular flexibility index (Phi) is 5.21. The lowest BCUT2D eigenvalue weighted by Crippen LogP contribution is -2.30. The number of rotatable bonds is 5. The van der Waals surface area contributed by atoms with Crippen LogP contribution in [0.3, 0.4) is 0 Å². The van der Waals surface area contributed by atoms with Crippen LogP contribution in [0.25, 0.3) is 0 Å². The van der Waals surface area contributed by atoms with E-state index in [9.17, 15) is 4.79 Å². The Hall–Kier alpha value is -2.28. The summed E-state index contributed by atoms with van der Waals surface area (Å²) in [6, 6.07) is 5.31. The van der Waals surface area contributed by atoms with Crippen molar-refractivity contribution in [3.8, 4) is 11.5 Å². The van der Waals surface area contributed by atoms with Crippen LogP contribution >= 0.6 is 11.3 Å². The van der Waals surface area contributed by atoms with E-state index in [1.54, 1.807) is 32.2 Å². The van der Waals surface area contributed by atoms with E-state index in [0.717, 1.165) is 11.3 Å². The van der Waals surface area contributed by atoms with Gasteiger partial charge in [0.2, 0.25) is 0 Å². The number of methoxy groups -OCH3 is 2. The molecule has 2 amide bonds. The summed E-state index contributed by atoms with van der Waals surface area (Å²) >= 11 is 1.40. The molecule has 0 aliphatic rings. The third-order valence-corrected chi connectivity index (χ3v) is 3.96. The molecule has 1 N–H and O–H groups in total. The molecule has 0 spiro atoms. The Morgan fingerprint density at radius 3 is 2.73 bits per heavy atom. The first kappa shape index (κ1) is 16.1. The van der Waals surface area contributed by atoms with Crippen molar-refractivity contribution in [2.75, 3.05) is 26.6 Å². The number of anilines is 1. The second kappa shape index (κ2) is 7.13. The van der Waals surface area contributed by atoms with E-state index >= 15 is 0 Å². The molecule has 0 unspecified atom stereocenters. The van der Waals surface area contributed by atoms with Gasteiger partial charge in [0.05, 0.1) is 26.5 Å². The van der Waals surface area contributed by atoms with Crippen LogP contribution in [0.4, 0.5) is 9.93 Å². The minimum Gasteiger partial charge on any atom is -0.497 e. The lowest BCUT2D eigenvalue weighted by atomic mass is 10.2. The molecule has 1 heterocycles. The zero-order valence-electron chi connectivity index (χ0n) is 13.0. The summed E-state index contributed by atoms with van der Waals surface area (Å²) in [7, 11) is 4.92. The van der Waals surface area contributed by atoms with E-state index in [0.29, 0.717) is 23.2 Å². The summed E-state index contributed by atoms with van der Waals surface area (Å²) in [6.45, 7) is 2.31. The monoisotopic (exact) mass is 321 g/mol. The molecule has 0 saturated heterocycles. The highest BCUT2D eigenvalue weighted by Crippen LogP contribution is 2.25. The first-order valence-electron chi connectivity index (χ1n) is 6.68. The molecule has 1 aromatic heterocycles. The minimum atomic E-state index is -0.216. The molecule has 0 fully saturated rings. The molecule has 0 aliphatic heterocycles. The molecule has 0 radical (unpaired) electrons. The summed E-state index contributed by atoms with van der Waals surface area (Å²) in [5, 5.41) is 5.26. The van der Waals surface area contributed by atoms with Crippen LogP contribution in [0.5, 0.6) is 11.5 Å². The highest BCUT2D eigenvalue weighted by molar-refractivity contribution is 7.13. The van der Waals surface area contributed by atoms with Crippen LogP contribution in [0, 0.1) is 6.92 Å². The molecule has 6 nitrogen and oxygen atoms in total. The summed E-state index contributed by atoms with van der Waals surface area (Å²) in [5.41, 5.74) is 1.79. The summed E-state index contributed by atoms with van der Waals surface area (Å²) in [5.74, 6) is 1.40. The lowest BCUT2D eigenvalue weighted by Gasteiger charge is -2.19. The number of carbonyl (C=O) groups excluding carboxylic acids is 1. The number of hydrogen-bond donors (Lipinski definition) is 1. The molecule has 2 aromatic rings. The Morgan fingerprint density at radius 2 is 2.14 bits per heavy atom. The van der Waals surface area contributed by atoms with Gasteiger partial charge in [-0.05, 0) is 19.1 Å².